The van der Waals surface area contributed by atoms with Gasteiger partial charge in [0.1, 0.15) is 18.1 Å². The summed E-state index contributed by atoms with van der Waals surface area (Å²) in [6.07, 6.45) is 0. The van der Waals surface area contributed by atoms with Crippen molar-refractivity contribution in [2.24, 2.45) is 5.92 Å². The van der Waals surface area contributed by atoms with Crippen LogP contribution in [0.1, 0.15) is 39.5 Å². The lowest BCUT2D eigenvalue weighted by molar-refractivity contribution is 0.0771. The van der Waals surface area contributed by atoms with Crippen molar-refractivity contribution < 1.29 is 18.5 Å². The normalized spacial score (nSPS) is 18.7. The SMILES string of the molecule is Cc1nnc([C@H]2CN(C(=O)c3noc(C)c3COc3ccccc3)C[C@@H]2CN(C)C)o1. The van der Waals surface area contributed by atoms with Gasteiger partial charge in [-0.15, -0.1) is 10.2 Å². The maximum absolute atomic E-state index is 13.4. The minimum Gasteiger partial charge on any atom is -0.489 e. The molecule has 31 heavy (non-hydrogen) atoms. The van der Waals surface area contributed by atoms with Crippen molar-refractivity contribution in [1.82, 2.24) is 25.2 Å². The lowest BCUT2D eigenvalue weighted by Crippen LogP contribution is -2.31. The number of amides is 1. The Morgan fingerprint density at radius 3 is 2.65 bits per heavy atom. The van der Waals surface area contributed by atoms with E-state index >= 15 is 0 Å². The van der Waals surface area contributed by atoms with Crippen molar-refractivity contribution in [3.63, 3.8) is 0 Å². The van der Waals surface area contributed by atoms with Crippen LogP contribution in [0.5, 0.6) is 5.75 Å². The molecular weight excluding hydrogens is 398 g/mol. The van der Waals surface area contributed by atoms with Crippen LogP contribution in [0.15, 0.2) is 39.3 Å². The second kappa shape index (κ2) is 8.89. The summed E-state index contributed by atoms with van der Waals surface area (Å²) in [5.41, 5.74) is 0.953. The molecule has 1 fully saturated rings. The molecule has 0 N–H and O–H groups in total. The molecule has 4 rings (SSSR count). The van der Waals surface area contributed by atoms with Crippen molar-refractivity contribution >= 4 is 5.91 Å². The van der Waals surface area contributed by atoms with Gasteiger partial charge in [0.15, 0.2) is 5.69 Å². The number of carbonyl (C=O) groups excluding carboxylic acids is 1. The zero-order valence-electron chi connectivity index (χ0n) is 18.2. The second-order valence-electron chi connectivity index (χ2n) is 8.17. The van der Waals surface area contributed by atoms with Gasteiger partial charge in [0, 0.05) is 32.5 Å². The average Bonchev–Trinajstić information content (AvgIpc) is 3.45. The molecule has 9 nitrogen and oxygen atoms in total. The quantitative estimate of drug-likeness (QED) is 0.570. The lowest BCUT2D eigenvalue weighted by Gasteiger charge is -2.19. The molecule has 0 bridgehead atoms. The highest BCUT2D eigenvalue weighted by atomic mass is 16.5. The molecule has 0 unspecified atom stereocenters. The Balaban J connectivity index is 1.52. The first-order valence-corrected chi connectivity index (χ1v) is 10.3. The van der Waals surface area contributed by atoms with E-state index in [1.807, 2.05) is 44.4 Å². The number of likely N-dealkylation sites (tertiary alicyclic amines) is 1. The van der Waals surface area contributed by atoms with Crippen LogP contribution in [0.2, 0.25) is 0 Å². The second-order valence-corrected chi connectivity index (χ2v) is 8.17. The summed E-state index contributed by atoms with van der Waals surface area (Å²) in [5, 5.41) is 12.2. The summed E-state index contributed by atoms with van der Waals surface area (Å²) in [4.78, 5) is 17.3. The lowest BCUT2D eigenvalue weighted by atomic mass is 9.96. The molecule has 0 saturated carbocycles. The topological polar surface area (TPSA) is 97.7 Å². The highest BCUT2D eigenvalue weighted by molar-refractivity contribution is 5.94. The largest absolute Gasteiger partial charge is 0.489 e. The molecule has 1 aromatic carbocycles. The van der Waals surface area contributed by atoms with E-state index in [2.05, 4.69) is 20.3 Å². The Kier molecular flexibility index (Phi) is 6.03. The number of carbonyl (C=O) groups is 1. The number of benzene rings is 1. The van der Waals surface area contributed by atoms with Gasteiger partial charge in [-0.05, 0) is 33.2 Å². The van der Waals surface area contributed by atoms with Gasteiger partial charge in [0.05, 0.1) is 11.5 Å². The van der Waals surface area contributed by atoms with Crippen molar-refractivity contribution in [3.05, 3.63) is 59.1 Å². The van der Waals surface area contributed by atoms with Crippen molar-refractivity contribution in [1.29, 1.82) is 0 Å². The maximum Gasteiger partial charge on any atom is 0.276 e. The first-order chi connectivity index (χ1) is 14.9. The summed E-state index contributed by atoms with van der Waals surface area (Å²) in [6.45, 7) is 5.64. The monoisotopic (exact) mass is 425 g/mol. The van der Waals surface area contributed by atoms with E-state index < -0.39 is 0 Å². The fourth-order valence-corrected chi connectivity index (χ4v) is 3.98. The molecule has 164 valence electrons. The minimum absolute atomic E-state index is 0.0235. The number of aryl methyl sites for hydroxylation is 2. The number of rotatable bonds is 7. The molecule has 0 radical (unpaired) electrons. The molecule has 3 heterocycles. The molecule has 1 saturated heterocycles. The molecule has 0 spiro atoms. The van der Waals surface area contributed by atoms with E-state index in [1.165, 1.54) is 0 Å². The van der Waals surface area contributed by atoms with E-state index in [0.29, 0.717) is 41.9 Å². The van der Waals surface area contributed by atoms with Gasteiger partial charge in [0.25, 0.3) is 5.91 Å². The standard InChI is InChI=1S/C22H27N5O4/c1-14-19(13-29-17-8-6-5-7-9-17)20(25-31-14)22(28)27-11-16(10-26(3)4)18(12-27)21-24-23-15(2)30-21/h5-9,16,18H,10-13H2,1-4H3/t16-,18-/m0/s1. The van der Waals surface area contributed by atoms with Gasteiger partial charge in [-0.25, -0.2) is 0 Å². The number of aromatic nitrogens is 3. The number of hydrogen-bond acceptors (Lipinski definition) is 8. The third kappa shape index (κ3) is 4.61. The Morgan fingerprint density at radius 1 is 1.19 bits per heavy atom. The summed E-state index contributed by atoms with van der Waals surface area (Å²) in [6, 6.07) is 9.46. The highest BCUT2D eigenvalue weighted by Crippen LogP contribution is 2.33. The van der Waals surface area contributed by atoms with Crippen molar-refractivity contribution in [3.8, 4) is 5.75 Å². The highest BCUT2D eigenvalue weighted by Gasteiger charge is 2.41. The number of hydrogen-bond donors (Lipinski definition) is 0. The number of ether oxygens (including phenoxy) is 1. The summed E-state index contributed by atoms with van der Waals surface area (Å²) < 4.78 is 16.9. The smallest absolute Gasteiger partial charge is 0.276 e. The zero-order chi connectivity index (χ0) is 22.0. The molecular formula is C22H27N5O4. The molecule has 2 atom stereocenters. The molecule has 0 aliphatic carbocycles. The molecule has 1 aliphatic rings. The van der Waals surface area contributed by atoms with Crippen LogP contribution in [0, 0.1) is 19.8 Å². The van der Waals surface area contributed by atoms with E-state index in [4.69, 9.17) is 13.7 Å². The van der Waals surface area contributed by atoms with Gasteiger partial charge < -0.3 is 23.5 Å². The van der Waals surface area contributed by atoms with Crippen LogP contribution in [-0.2, 0) is 6.61 Å². The van der Waals surface area contributed by atoms with Crippen LogP contribution in [0.3, 0.4) is 0 Å². The molecule has 9 heteroatoms. The predicted molar refractivity (Wildman–Crippen MR) is 112 cm³/mol. The fourth-order valence-electron chi connectivity index (χ4n) is 3.98. The molecule has 3 aromatic rings. The third-order valence-corrected chi connectivity index (χ3v) is 5.50. The van der Waals surface area contributed by atoms with Crippen LogP contribution in [0.25, 0.3) is 0 Å². The van der Waals surface area contributed by atoms with Gasteiger partial charge >= 0.3 is 0 Å². The molecule has 1 amide bonds. The third-order valence-electron chi connectivity index (χ3n) is 5.50. The zero-order valence-corrected chi connectivity index (χ0v) is 18.2. The first-order valence-electron chi connectivity index (χ1n) is 10.3. The molecule has 1 aliphatic heterocycles. The summed E-state index contributed by atoms with van der Waals surface area (Å²) >= 11 is 0. The minimum atomic E-state index is -0.175. The first kappa shape index (κ1) is 21.0. The van der Waals surface area contributed by atoms with Crippen LogP contribution < -0.4 is 4.74 Å². The van der Waals surface area contributed by atoms with Gasteiger partial charge in [-0.3, -0.25) is 4.79 Å². The van der Waals surface area contributed by atoms with Crippen LogP contribution >= 0.6 is 0 Å². The Labute approximate surface area is 181 Å². The van der Waals surface area contributed by atoms with Crippen molar-refractivity contribution in [2.75, 3.05) is 33.7 Å². The van der Waals surface area contributed by atoms with Gasteiger partial charge in [-0.1, -0.05) is 23.4 Å². The summed E-state index contributed by atoms with van der Waals surface area (Å²) in [7, 11) is 4.03. The predicted octanol–water partition coefficient (Wildman–Crippen LogP) is 2.67. The number of para-hydroxylation sites is 1. The van der Waals surface area contributed by atoms with Gasteiger partial charge in [0.2, 0.25) is 11.8 Å². The Hall–Kier alpha value is -3.20. The molecule has 2 aromatic heterocycles. The van der Waals surface area contributed by atoms with E-state index in [1.54, 1.807) is 18.7 Å². The van der Waals surface area contributed by atoms with Crippen LogP contribution in [-0.4, -0.2) is 64.8 Å². The van der Waals surface area contributed by atoms with Crippen LogP contribution in [0.4, 0.5) is 0 Å². The fraction of sp³-hybridized carbons (Fsp3) is 0.455. The average molecular weight is 425 g/mol. The van der Waals surface area contributed by atoms with Crippen molar-refractivity contribution in [2.45, 2.75) is 26.4 Å². The maximum atomic E-state index is 13.4. The van der Waals surface area contributed by atoms with E-state index in [-0.39, 0.29) is 24.3 Å². The van der Waals surface area contributed by atoms with E-state index in [0.717, 1.165) is 12.3 Å². The summed E-state index contributed by atoms with van der Waals surface area (Å²) in [5.74, 6) is 2.37. The van der Waals surface area contributed by atoms with Gasteiger partial charge in [-0.2, -0.15) is 0 Å². The van der Waals surface area contributed by atoms with E-state index in [9.17, 15) is 4.79 Å². The Morgan fingerprint density at radius 2 is 1.97 bits per heavy atom. The Bertz CT molecular complexity index is 1030. The number of nitrogens with zero attached hydrogens (tertiary/aromatic N) is 5.